The molecule has 4 aromatic rings. The molecule has 0 unspecified atom stereocenters. The number of ether oxygens (including phenoxy) is 6. The van der Waals surface area contributed by atoms with Gasteiger partial charge in [0, 0.05) is 12.1 Å². The first-order valence-electron chi connectivity index (χ1n) is 12.6. The summed E-state index contributed by atoms with van der Waals surface area (Å²) in [6, 6.07) is 24.1. The molecular formula is C32H32O6. The Hall–Kier alpha value is -4.32. The fourth-order valence-electron chi connectivity index (χ4n) is 4.65. The van der Waals surface area contributed by atoms with Crippen LogP contribution in [-0.4, -0.2) is 28.4 Å². The summed E-state index contributed by atoms with van der Waals surface area (Å²) in [7, 11) is 6.63. The Kier molecular flexibility index (Phi) is 7.59. The molecule has 0 N–H and O–H groups in total. The molecule has 0 saturated carbocycles. The minimum Gasteiger partial charge on any atom is -0.497 e. The maximum Gasteiger partial charge on any atom is 0.169 e. The van der Waals surface area contributed by atoms with Crippen molar-refractivity contribution in [1.29, 1.82) is 0 Å². The van der Waals surface area contributed by atoms with Crippen molar-refractivity contribution in [2.24, 2.45) is 0 Å². The predicted molar refractivity (Wildman–Crippen MR) is 147 cm³/mol. The lowest BCUT2D eigenvalue weighted by Crippen LogP contribution is -1.99. The van der Waals surface area contributed by atoms with Crippen LogP contribution in [0.1, 0.15) is 22.3 Å². The molecular weight excluding hydrogens is 480 g/mol. The van der Waals surface area contributed by atoms with E-state index in [4.69, 9.17) is 28.4 Å². The zero-order chi connectivity index (χ0) is 26.5. The summed E-state index contributed by atoms with van der Waals surface area (Å²) >= 11 is 0. The van der Waals surface area contributed by atoms with Crippen molar-refractivity contribution < 1.29 is 28.4 Å². The molecule has 0 fully saturated rings. The van der Waals surface area contributed by atoms with Gasteiger partial charge in [-0.25, -0.2) is 0 Å². The smallest absolute Gasteiger partial charge is 0.169 e. The normalized spacial score (nSPS) is 12.7. The molecule has 0 aliphatic carbocycles. The van der Waals surface area contributed by atoms with Gasteiger partial charge in [0.25, 0.3) is 0 Å². The molecule has 0 aromatic heterocycles. The van der Waals surface area contributed by atoms with Gasteiger partial charge in [0.1, 0.15) is 23.0 Å². The molecule has 38 heavy (non-hydrogen) atoms. The Morgan fingerprint density at radius 2 is 0.868 bits per heavy atom. The van der Waals surface area contributed by atoms with Gasteiger partial charge in [0.05, 0.1) is 28.4 Å². The van der Waals surface area contributed by atoms with E-state index in [0.29, 0.717) is 34.5 Å². The van der Waals surface area contributed by atoms with Crippen LogP contribution in [0.4, 0.5) is 0 Å². The number of aryl methyl sites for hydroxylation is 4. The van der Waals surface area contributed by atoms with Gasteiger partial charge < -0.3 is 28.4 Å². The zero-order valence-electron chi connectivity index (χ0n) is 22.2. The van der Waals surface area contributed by atoms with E-state index in [1.165, 1.54) is 0 Å². The molecule has 6 nitrogen and oxygen atoms in total. The number of rotatable bonds is 4. The van der Waals surface area contributed by atoms with Gasteiger partial charge in [-0.2, -0.15) is 0 Å². The molecule has 0 spiro atoms. The van der Waals surface area contributed by atoms with E-state index < -0.39 is 0 Å². The van der Waals surface area contributed by atoms with E-state index >= 15 is 0 Å². The van der Waals surface area contributed by atoms with Gasteiger partial charge >= 0.3 is 0 Å². The summed E-state index contributed by atoms with van der Waals surface area (Å²) in [5, 5.41) is 0. The molecule has 4 aromatic carbocycles. The summed E-state index contributed by atoms with van der Waals surface area (Å²) in [5.41, 5.74) is 4.46. The first kappa shape index (κ1) is 25.3. The third kappa shape index (κ3) is 5.80. The number of methoxy groups -OCH3 is 4. The molecule has 0 amide bonds. The van der Waals surface area contributed by atoms with Crippen molar-refractivity contribution in [1.82, 2.24) is 0 Å². The van der Waals surface area contributed by atoms with Crippen molar-refractivity contribution in [3.8, 4) is 46.0 Å². The third-order valence-electron chi connectivity index (χ3n) is 6.67. The third-order valence-corrected chi connectivity index (χ3v) is 6.67. The van der Waals surface area contributed by atoms with Crippen LogP contribution >= 0.6 is 0 Å². The van der Waals surface area contributed by atoms with Crippen molar-refractivity contribution in [3.63, 3.8) is 0 Å². The molecule has 0 radical (unpaired) electrons. The first-order chi connectivity index (χ1) is 18.6. The highest BCUT2D eigenvalue weighted by Gasteiger charge is 2.14. The summed E-state index contributed by atoms with van der Waals surface area (Å²) in [6.45, 7) is 0. The molecule has 0 saturated heterocycles. The Labute approximate surface area is 223 Å². The largest absolute Gasteiger partial charge is 0.497 e. The number of hydrogen-bond donors (Lipinski definition) is 0. The summed E-state index contributed by atoms with van der Waals surface area (Å²) in [6.07, 6.45) is 3.18. The van der Waals surface area contributed by atoms with Gasteiger partial charge in [0.2, 0.25) is 0 Å². The molecule has 5 rings (SSSR count). The van der Waals surface area contributed by atoms with Gasteiger partial charge in [-0.1, -0.05) is 12.1 Å². The Balaban J connectivity index is 1.59. The quantitative estimate of drug-likeness (QED) is 0.288. The van der Waals surface area contributed by atoms with Crippen molar-refractivity contribution in [3.05, 3.63) is 95.1 Å². The highest BCUT2D eigenvalue weighted by molar-refractivity contribution is 5.50. The SMILES string of the molecule is COc1cc2cc(c1)Oc1cc(ccc1OC)CCc1ccc(OC)c(c1)Oc1cc(cc(OC)c1)CC2. The zero-order valence-corrected chi connectivity index (χ0v) is 22.2. The van der Waals surface area contributed by atoms with Crippen LogP contribution in [0.15, 0.2) is 72.8 Å². The van der Waals surface area contributed by atoms with Crippen molar-refractivity contribution >= 4 is 0 Å². The van der Waals surface area contributed by atoms with E-state index in [0.717, 1.165) is 59.4 Å². The second-order valence-corrected chi connectivity index (χ2v) is 9.21. The van der Waals surface area contributed by atoms with Crippen LogP contribution in [0.3, 0.4) is 0 Å². The van der Waals surface area contributed by atoms with Crippen molar-refractivity contribution in [2.75, 3.05) is 28.4 Å². The van der Waals surface area contributed by atoms with Crippen LogP contribution in [0, 0.1) is 0 Å². The number of fused-ring (bicyclic) bond motifs is 8. The van der Waals surface area contributed by atoms with Crippen molar-refractivity contribution in [2.45, 2.75) is 25.7 Å². The Morgan fingerprint density at radius 3 is 1.26 bits per heavy atom. The maximum absolute atomic E-state index is 6.36. The minimum atomic E-state index is 0.668. The Bertz CT molecular complexity index is 1320. The topological polar surface area (TPSA) is 55.4 Å². The van der Waals surface area contributed by atoms with Crippen LogP contribution < -0.4 is 28.4 Å². The molecule has 1 aliphatic rings. The monoisotopic (exact) mass is 512 g/mol. The molecule has 196 valence electrons. The standard InChI is InChI=1S/C32H32O6/c1-33-25-13-23-7-8-24-14-26(34-2)20-28(16-24)38-32-18-22(10-12-30(32)36-4)6-5-21-9-11-29(35-3)31(17-21)37-27(15-23)19-25/h9-20H,5-8H2,1-4H3. The van der Waals surface area contributed by atoms with E-state index in [1.54, 1.807) is 28.4 Å². The highest BCUT2D eigenvalue weighted by atomic mass is 16.5. The summed E-state index contributed by atoms with van der Waals surface area (Å²) in [4.78, 5) is 0. The van der Waals surface area contributed by atoms with E-state index in [1.807, 2.05) is 60.7 Å². The average Bonchev–Trinajstić information content (AvgIpc) is 2.94. The van der Waals surface area contributed by atoms with Crippen LogP contribution in [0.25, 0.3) is 0 Å². The van der Waals surface area contributed by atoms with Gasteiger partial charge in [-0.3, -0.25) is 0 Å². The van der Waals surface area contributed by atoms with Crippen LogP contribution in [0.2, 0.25) is 0 Å². The number of hydrogen-bond acceptors (Lipinski definition) is 6. The second-order valence-electron chi connectivity index (χ2n) is 9.21. The van der Waals surface area contributed by atoms with Gasteiger partial charge in [-0.15, -0.1) is 0 Å². The fourth-order valence-corrected chi connectivity index (χ4v) is 4.65. The molecule has 1 heterocycles. The first-order valence-corrected chi connectivity index (χ1v) is 12.6. The Morgan fingerprint density at radius 1 is 0.447 bits per heavy atom. The fraction of sp³-hybridized carbons (Fsp3) is 0.250. The lowest BCUT2D eigenvalue weighted by atomic mass is 10.0. The van der Waals surface area contributed by atoms with Gasteiger partial charge in [-0.05, 0) is 96.5 Å². The van der Waals surface area contributed by atoms with Gasteiger partial charge in [0.15, 0.2) is 23.0 Å². The average molecular weight is 513 g/mol. The molecule has 1 aliphatic heterocycles. The molecule has 6 heteroatoms. The molecule has 8 bridgehead atoms. The van der Waals surface area contributed by atoms with E-state index in [9.17, 15) is 0 Å². The van der Waals surface area contributed by atoms with E-state index in [-0.39, 0.29) is 0 Å². The minimum absolute atomic E-state index is 0.668. The molecule has 0 atom stereocenters. The number of benzene rings is 4. The highest BCUT2D eigenvalue weighted by Crippen LogP contribution is 2.37. The summed E-state index contributed by atoms with van der Waals surface area (Å²) in [5.74, 6) is 5.57. The van der Waals surface area contributed by atoms with Crippen LogP contribution in [0.5, 0.6) is 46.0 Å². The maximum atomic E-state index is 6.36. The van der Waals surface area contributed by atoms with E-state index in [2.05, 4.69) is 12.1 Å². The second kappa shape index (κ2) is 11.4. The lowest BCUT2D eigenvalue weighted by molar-refractivity contribution is 0.375. The summed E-state index contributed by atoms with van der Waals surface area (Å²) < 4.78 is 35.1. The predicted octanol–water partition coefficient (Wildman–Crippen LogP) is 7.19. The lowest BCUT2D eigenvalue weighted by Gasteiger charge is -2.16. The van der Waals surface area contributed by atoms with Crippen LogP contribution in [-0.2, 0) is 25.7 Å².